The molecule has 1 amide bonds. The van der Waals surface area contributed by atoms with Gasteiger partial charge in [0.2, 0.25) is 11.9 Å². The average Bonchev–Trinajstić information content (AvgIpc) is 3.25. The molecule has 0 saturated heterocycles. The van der Waals surface area contributed by atoms with Gasteiger partial charge in [0, 0.05) is 52.9 Å². The molecule has 12 heteroatoms. The van der Waals surface area contributed by atoms with Crippen molar-refractivity contribution in [2.24, 2.45) is 0 Å². The van der Waals surface area contributed by atoms with Crippen LogP contribution in [0.1, 0.15) is 6.92 Å². The van der Waals surface area contributed by atoms with E-state index in [4.69, 9.17) is 13.8 Å². The van der Waals surface area contributed by atoms with Crippen LogP contribution in [0.4, 0.5) is 10.1 Å². The zero-order valence-electron chi connectivity index (χ0n) is 20.1. The molecule has 4 aromatic rings. The Hall–Kier alpha value is -3.89. The Bertz CT molecular complexity index is 1520. The lowest BCUT2D eigenvalue weighted by Crippen LogP contribution is -2.07. The molecule has 192 valence electrons. The number of rotatable bonds is 10. The van der Waals surface area contributed by atoms with Crippen molar-refractivity contribution in [2.75, 3.05) is 19.0 Å². The van der Waals surface area contributed by atoms with Crippen LogP contribution in [0.3, 0.4) is 0 Å². The van der Waals surface area contributed by atoms with E-state index in [2.05, 4.69) is 21.9 Å². The standard InChI is InChI=1S/C25H24FN4O6P/c1-4-24(31)29-19-8-17(9-20(12-19)34-3)18-10-21-22(16-6-7-27-23(26)11-16)14-30(25(21)28-13-18)15-36-37(32,33)35-5-2/h4,6-14H,1,5,15H2,2-3H3,(H,29,31)(H,32,33). The van der Waals surface area contributed by atoms with Gasteiger partial charge >= 0.3 is 7.82 Å². The van der Waals surface area contributed by atoms with Gasteiger partial charge in [-0.3, -0.25) is 13.8 Å². The summed E-state index contributed by atoms with van der Waals surface area (Å²) in [7, 11) is -2.76. The van der Waals surface area contributed by atoms with Gasteiger partial charge in [0.15, 0.2) is 0 Å². The summed E-state index contributed by atoms with van der Waals surface area (Å²) in [6.45, 7) is 4.70. The van der Waals surface area contributed by atoms with Crippen molar-refractivity contribution in [1.29, 1.82) is 0 Å². The molecule has 2 N–H and O–H groups in total. The van der Waals surface area contributed by atoms with Crippen molar-refractivity contribution in [3.8, 4) is 28.0 Å². The van der Waals surface area contributed by atoms with E-state index in [1.165, 1.54) is 23.9 Å². The maximum atomic E-state index is 14.0. The molecule has 0 aliphatic heterocycles. The van der Waals surface area contributed by atoms with Crippen LogP contribution in [0.5, 0.6) is 5.75 Å². The molecule has 1 atom stereocenters. The first-order valence-corrected chi connectivity index (χ1v) is 12.6. The summed E-state index contributed by atoms with van der Waals surface area (Å²) in [6, 6.07) is 9.95. The number of ether oxygens (including phenoxy) is 1. The number of nitrogens with one attached hydrogen (secondary N) is 1. The van der Waals surface area contributed by atoms with Gasteiger partial charge in [-0.1, -0.05) is 6.58 Å². The third kappa shape index (κ3) is 6.10. The van der Waals surface area contributed by atoms with Crippen LogP contribution in [-0.4, -0.2) is 39.1 Å². The van der Waals surface area contributed by atoms with Gasteiger partial charge in [-0.15, -0.1) is 0 Å². The molecule has 0 aliphatic rings. The predicted octanol–water partition coefficient (Wildman–Crippen LogP) is 5.15. The minimum Gasteiger partial charge on any atom is -0.497 e. The zero-order valence-corrected chi connectivity index (χ0v) is 20.9. The number of benzene rings is 1. The molecule has 37 heavy (non-hydrogen) atoms. The number of amides is 1. The zero-order chi connectivity index (χ0) is 26.6. The number of pyridine rings is 2. The molecule has 0 fully saturated rings. The summed E-state index contributed by atoms with van der Waals surface area (Å²) in [5.74, 6) is -0.528. The molecule has 4 rings (SSSR count). The lowest BCUT2D eigenvalue weighted by atomic mass is 10.0. The number of halogens is 1. The smallest absolute Gasteiger partial charge is 0.473 e. The van der Waals surface area contributed by atoms with Crippen LogP contribution in [0.15, 0.2) is 67.6 Å². The van der Waals surface area contributed by atoms with Crippen molar-refractivity contribution in [3.63, 3.8) is 0 Å². The molecule has 1 unspecified atom stereocenters. The number of phosphoric ester groups is 1. The molecule has 0 saturated carbocycles. The Kier molecular flexibility index (Phi) is 7.80. The molecule has 1 aromatic carbocycles. The summed E-state index contributed by atoms with van der Waals surface area (Å²) in [5, 5.41) is 3.33. The third-order valence-corrected chi connectivity index (χ3v) is 6.36. The number of carbonyl (C=O) groups excluding carboxylic acids is 1. The van der Waals surface area contributed by atoms with E-state index in [1.54, 1.807) is 43.6 Å². The van der Waals surface area contributed by atoms with Gasteiger partial charge in [0.05, 0.1) is 13.7 Å². The van der Waals surface area contributed by atoms with Crippen LogP contribution >= 0.6 is 7.82 Å². The van der Waals surface area contributed by atoms with Gasteiger partial charge in [-0.2, -0.15) is 4.39 Å². The number of phosphoric acid groups is 1. The number of hydrogen-bond acceptors (Lipinski definition) is 7. The quantitative estimate of drug-likeness (QED) is 0.165. The van der Waals surface area contributed by atoms with Gasteiger partial charge < -0.3 is 19.5 Å². The van der Waals surface area contributed by atoms with Crippen molar-refractivity contribution in [3.05, 3.63) is 73.6 Å². The predicted molar refractivity (Wildman–Crippen MR) is 136 cm³/mol. The van der Waals surface area contributed by atoms with Crippen LogP contribution in [0.25, 0.3) is 33.3 Å². The third-order valence-electron chi connectivity index (χ3n) is 5.33. The van der Waals surface area contributed by atoms with Gasteiger partial charge in [-0.05, 0) is 48.4 Å². The van der Waals surface area contributed by atoms with Crippen LogP contribution in [0.2, 0.25) is 0 Å². The monoisotopic (exact) mass is 526 g/mol. The summed E-state index contributed by atoms with van der Waals surface area (Å²) >= 11 is 0. The molecule has 0 bridgehead atoms. The SMILES string of the molecule is C=CC(=O)Nc1cc(OC)cc(-c2cnc3c(c2)c(-c2ccnc(F)c2)cn3COP(=O)(O)OCC)c1. The van der Waals surface area contributed by atoms with E-state index < -0.39 is 13.8 Å². The molecule has 3 aromatic heterocycles. The van der Waals surface area contributed by atoms with E-state index in [-0.39, 0.29) is 19.2 Å². The van der Waals surface area contributed by atoms with E-state index in [0.717, 1.165) is 6.08 Å². The Morgan fingerprint density at radius 2 is 2.00 bits per heavy atom. The van der Waals surface area contributed by atoms with Crippen LogP contribution in [-0.2, 0) is 25.1 Å². The molecular weight excluding hydrogens is 502 g/mol. The first-order chi connectivity index (χ1) is 17.7. The topological polar surface area (TPSA) is 125 Å². The molecule has 0 radical (unpaired) electrons. The van der Waals surface area contributed by atoms with Crippen LogP contribution in [0, 0.1) is 5.95 Å². The fourth-order valence-electron chi connectivity index (χ4n) is 3.71. The summed E-state index contributed by atoms with van der Waals surface area (Å²) in [6.07, 6.45) is 5.75. The van der Waals surface area contributed by atoms with Crippen molar-refractivity contribution < 1.29 is 32.4 Å². The Labute approximate surface area is 212 Å². The number of carbonyl (C=O) groups is 1. The summed E-state index contributed by atoms with van der Waals surface area (Å²) in [4.78, 5) is 29.8. The number of nitrogens with zero attached hydrogens (tertiary/aromatic N) is 3. The molecule has 3 heterocycles. The Morgan fingerprint density at radius 3 is 2.70 bits per heavy atom. The number of methoxy groups -OCH3 is 1. The second kappa shape index (κ2) is 11.0. The molecule has 0 aliphatic carbocycles. The second-order valence-electron chi connectivity index (χ2n) is 7.76. The highest BCUT2D eigenvalue weighted by molar-refractivity contribution is 7.47. The number of aromatic nitrogens is 3. The normalized spacial score (nSPS) is 12.8. The Balaban J connectivity index is 1.83. The fourth-order valence-corrected chi connectivity index (χ4v) is 4.38. The lowest BCUT2D eigenvalue weighted by molar-refractivity contribution is -0.111. The highest BCUT2D eigenvalue weighted by Gasteiger charge is 2.22. The van der Waals surface area contributed by atoms with Gasteiger partial charge in [-0.25, -0.2) is 14.5 Å². The highest BCUT2D eigenvalue weighted by Crippen LogP contribution is 2.44. The van der Waals surface area contributed by atoms with Crippen molar-refractivity contribution >= 4 is 30.5 Å². The maximum Gasteiger partial charge on any atom is 0.473 e. The van der Waals surface area contributed by atoms with Crippen molar-refractivity contribution in [1.82, 2.24) is 14.5 Å². The van der Waals surface area contributed by atoms with E-state index in [0.29, 0.717) is 44.7 Å². The largest absolute Gasteiger partial charge is 0.497 e. The maximum absolute atomic E-state index is 14.0. The van der Waals surface area contributed by atoms with E-state index >= 15 is 0 Å². The molecular formula is C25H24FN4O6P. The van der Waals surface area contributed by atoms with Crippen molar-refractivity contribution in [2.45, 2.75) is 13.7 Å². The average molecular weight is 526 g/mol. The van der Waals surface area contributed by atoms with Crippen LogP contribution < -0.4 is 10.1 Å². The first-order valence-electron chi connectivity index (χ1n) is 11.1. The van der Waals surface area contributed by atoms with Gasteiger partial charge in [0.1, 0.15) is 18.1 Å². The number of fused-ring (bicyclic) bond motifs is 1. The minimum absolute atomic E-state index is 0.000857. The second-order valence-corrected chi connectivity index (χ2v) is 9.22. The fraction of sp³-hybridized carbons (Fsp3) is 0.160. The van der Waals surface area contributed by atoms with E-state index in [1.807, 2.05) is 6.07 Å². The van der Waals surface area contributed by atoms with Gasteiger partial charge in [0.25, 0.3) is 0 Å². The summed E-state index contributed by atoms with van der Waals surface area (Å²) in [5.41, 5.74) is 3.42. The minimum atomic E-state index is -4.27. The first kappa shape index (κ1) is 26.2. The number of anilines is 1. The highest BCUT2D eigenvalue weighted by atomic mass is 31.2. The number of hydrogen-bond donors (Lipinski definition) is 2. The Morgan fingerprint density at radius 1 is 1.19 bits per heavy atom. The lowest BCUT2D eigenvalue weighted by Gasteiger charge is -2.12. The summed E-state index contributed by atoms with van der Waals surface area (Å²) < 4.78 is 42.8. The van der Waals surface area contributed by atoms with E-state index in [9.17, 15) is 18.6 Å². The molecule has 10 nitrogen and oxygen atoms in total. The molecule has 0 spiro atoms.